The van der Waals surface area contributed by atoms with Gasteiger partial charge in [-0.1, -0.05) is 44.2 Å². The predicted molar refractivity (Wildman–Crippen MR) is 124 cm³/mol. The fourth-order valence-electron chi connectivity index (χ4n) is 4.02. The lowest BCUT2D eigenvalue weighted by Crippen LogP contribution is -2.39. The van der Waals surface area contributed by atoms with E-state index in [1.165, 1.54) is 18.5 Å². The van der Waals surface area contributed by atoms with Crippen molar-refractivity contribution in [1.29, 1.82) is 0 Å². The normalized spacial score (nSPS) is 14.0. The molecule has 2 heterocycles. The number of carbonyl (C=O) groups is 2. The standard InChI is InChI=1S/C23H30N2O5S2/c1-5-17(6-2)21(26)25-13-12-18-19(15-25)31-23(20(18)22(27)30-4)32(28,29)24(3)14-16-10-8-7-9-11-16/h7-11,17H,5-6,12-15H2,1-4H3. The smallest absolute Gasteiger partial charge is 0.340 e. The van der Waals surface area contributed by atoms with Gasteiger partial charge < -0.3 is 9.64 Å². The summed E-state index contributed by atoms with van der Waals surface area (Å²) in [6.07, 6.45) is 1.96. The molecular weight excluding hydrogens is 448 g/mol. The number of ether oxygens (including phenoxy) is 1. The summed E-state index contributed by atoms with van der Waals surface area (Å²) >= 11 is 1.08. The van der Waals surface area contributed by atoms with Crippen molar-refractivity contribution in [2.45, 2.75) is 50.4 Å². The Morgan fingerprint density at radius 3 is 2.44 bits per heavy atom. The first kappa shape index (κ1) is 24.4. The highest BCUT2D eigenvalue weighted by Gasteiger charge is 2.37. The zero-order valence-corrected chi connectivity index (χ0v) is 20.6. The van der Waals surface area contributed by atoms with Gasteiger partial charge in [0.05, 0.1) is 19.2 Å². The van der Waals surface area contributed by atoms with Crippen molar-refractivity contribution < 1.29 is 22.7 Å². The largest absolute Gasteiger partial charge is 0.465 e. The molecule has 3 rings (SSSR count). The fraction of sp³-hybridized carbons (Fsp3) is 0.478. The number of rotatable bonds is 8. The van der Waals surface area contributed by atoms with Crippen LogP contribution >= 0.6 is 11.3 Å². The molecule has 0 aliphatic carbocycles. The molecule has 0 fully saturated rings. The topological polar surface area (TPSA) is 84.0 Å². The molecule has 1 aliphatic heterocycles. The lowest BCUT2D eigenvalue weighted by Gasteiger charge is -2.30. The summed E-state index contributed by atoms with van der Waals surface area (Å²) in [5.74, 6) is -0.620. The van der Waals surface area contributed by atoms with Crippen molar-refractivity contribution in [2.75, 3.05) is 20.7 Å². The molecule has 7 nitrogen and oxygen atoms in total. The van der Waals surface area contributed by atoms with Crippen molar-refractivity contribution in [3.63, 3.8) is 0 Å². The van der Waals surface area contributed by atoms with Gasteiger partial charge in [-0.15, -0.1) is 11.3 Å². The molecule has 9 heteroatoms. The van der Waals surface area contributed by atoms with Crippen molar-refractivity contribution in [3.8, 4) is 0 Å². The first-order chi connectivity index (χ1) is 15.2. The van der Waals surface area contributed by atoms with Crippen LogP contribution in [0.15, 0.2) is 34.5 Å². The molecule has 0 saturated heterocycles. The number of thiophene rings is 1. The van der Waals surface area contributed by atoms with E-state index in [1.807, 2.05) is 44.2 Å². The van der Waals surface area contributed by atoms with E-state index < -0.39 is 16.0 Å². The highest BCUT2D eigenvalue weighted by Crippen LogP contribution is 2.38. The SMILES string of the molecule is CCC(CC)C(=O)N1CCc2c(sc(S(=O)(=O)N(C)Cc3ccccc3)c2C(=O)OC)C1. The quantitative estimate of drug-likeness (QED) is 0.541. The molecule has 1 aromatic heterocycles. The molecule has 174 valence electrons. The summed E-state index contributed by atoms with van der Waals surface area (Å²) in [7, 11) is -1.18. The average molecular weight is 479 g/mol. The number of fused-ring (bicyclic) bond motifs is 1. The Kier molecular flexibility index (Phi) is 7.74. The number of benzene rings is 1. The van der Waals surface area contributed by atoms with Crippen molar-refractivity contribution in [1.82, 2.24) is 9.21 Å². The van der Waals surface area contributed by atoms with Crippen molar-refractivity contribution in [2.24, 2.45) is 5.92 Å². The third-order valence-corrected chi connectivity index (χ3v) is 9.47. The Morgan fingerprint density at radius 1 is 1.19 bits per heavy atom. The summed E-state index contributed by atoms with van der Waals surface area (Å²) in [4.78, 5) is 28.0. The van der Waals surface area contributed by atoms with E-state index in [9.17, 15) is 18.0 Å². The Hall–Kier alpha value is -2.23. The van der Waals surface area contributed by atoms with Gasteiger partial charge in [0.25, 0.3) is 10.0 Å². The van der Waals surface area contributed by atoms with Crippen LogP contribution in [0, 0.1) is 5.92 Å². The summed E-state index contributed by atoms with van der Waals surface area (Å²) < 4.78 is 33.1. The van der Waals surface area contributed by atoms with E-state index >= 15 is 0 Å². The van der Waals surface area contributed by atoms with Gasteiger partial charge in [-0.05, 0) is 30.4 Å². The minimum Gasteiger partial charge on any atom is -0.465 e. The van der Waals surface area contributed by atoms with Crippen LogP contribution in [0.25, 0.3) is 0 Å². The van der Waals surface area contributed by atoms with Crippen molar-refractivity contribution >= 4 is 33.2 Å². The number of amides is 1. The third-order valence-electron chi connectivity index (χ3n) is 5.95. The van der Waals surface area contributed by atoms with E-state index in [2.05, 4.69) is 0 Å². The fourth-order valence-corrected chi connectivity index (χ4v) is 7.27. The first-order valence-corrected chi connectivity index (χ1v) is 13.0. The highest BCUT2D eigenvalue weighted by atomic mass is 32.2. The van der Waals surface area contributed by atoms with E-state index in [1.54, 1.807) is 4.90 Å². The van der Waals surface area contributed by atoms with Gasteiger partial charge in [-0.2, -0.15) is 4.31 Å². The van der Waals surface area contributed by atoms with Crippen molar-refractivity contribution in [3.05, 3.63) is 51.9 Å². The predicted octanol–water partition coefficient (Wildman–Crippen LogP) is 3.68. The maximum absolute atomic E-state index is 13.5. The molecule has 0 bridgehead atoms. The molecule has 0 N–H and O–H groups in total. The second-order valence-electron chi connectivity index (χ2n) is 7.93. The highest BCUT2D eigenvalue weighted by molar-refractivity contribution is 7.91. The number of hydrogen-bond donors (Lipinski definition) is 0. The number of sulfonamides is 1. The second-order valence-corrected chi connectivity index (χ2v) is 11.3. The lowest BCUT2D eigenvalue weighted by atomic mass is 9.98. The van der Waals surface area contributed by atoms with Crippen LogP contribution in [0.5, 0.6) is 0 Å². The molecule has 1 aromatic carbocycles. The molecule has 2 aromatic rings. The number of esters is 1. The minimum absolute atomic E-state index is 0.00962. The molecule has 0 atom stereocenters. The van der Waals surface area contributed by atoms with Crippen LogP contribution in [0.4, 0.5) is 0 Å². The summed E-state index contributed by atoms with van der Waals surface area (Å²) in [5, 5.41) is 0. The molecule has 0 radical (unpaired) electrons. The van der Waals surface area contributed by atoms with Crippen LogP contribution in [0.2, 0.25) is 0 Å². The molecule has 0 spiro atoms. The third kappa shape index (κ3) is 4.74. The monoisotopic (exact) mass is 478 g/mol. The number of nitrogens with zero attached hydrogens (tertiary/aromatic N) is 2. The Morgan fingerprint density at radius 2 is 1.84 bits per heavy atom. The van der Waals surface area contributed by atoms with Gasteiger partial charge in [0.15, 0.2) is 0 Å². The number of carbonyl (C=O) groups excluding carboxylic acids is 2. The Labute approximate surface area is 194 Å². The van der Waals surface area contributed by atoms with E-state index in [4.69, 9.17) is 4.74 Å². The average Bonchev–Trinajstić information content (AvgIpc) is 3.19. The van der Waals surface area contributed by atoms with Gasteiger partial charge in [0.1, 0.15) is 4.21 Å². The molecule has 0 unspecified atom stereocenters. The Balaban J connectivity index is 1.97. The molecule has 0 saturated carbocycles. The molecule has 32 heavy (non-hydrogen) atoms. The van der Waals surface area contributed by atoms with Crippen LogP contribution in [0.3, 0.4) is 0 Å². The van der Waals surface area contributed by atoms with Crippen LogP contribution in [0.1, 0.15) is 53.1 Å². The van der Waals surface area contributed by atoms with E-state index in [0.29, 0.717) is 25.1 Å². The van der Waals surface area contributed by atoms with E-state index in [0.717, 1.165) is 34.6 Å². The minimum atomic E-state index is -3.93. The zero-order chi connectivity index (χ0) is 23.5. The van der Waals surface area contributed by atoms with Gasteiger partial charge in [0.2, 0.25) is 5.91 Å². The lowest BCUT2D eigenvalue weighted by molar-refractivity contribution is -0.136. The van der Waals surface area contributed by atoms with E-state index in [-0.39, 0.29) is 28.1 Å². The van der Waals surface area contributed by atoms with Crippen LogP contribution in [-0.4, -0.2) is 50.2 Å². The van der Waals surface area contributed by atoms with Gasteiger partial charge >= 0.3 is 5.97 Å². The number of methoxy groups -OCH3 is 1. The number of hydrogen-bond acceptors (Lipinski definition) is 6. The summed E-state index contributed by atoms with van der Waals surface area (Å²) in [6.45, 7) is 4.95. The zero-order valence-electron chi connectivity index (χ0n) is 19.0. The second kappa shape index (κ2) is 10.1. The van der Waals surface area contributed by atoms with Gasteiger partial charge in [-0.3, -0.25) is 4.79 Å². The maximum atomic E-state index is 13.5. The first-order valence-electron chi connectivity index (χ1n) is 10.8. The van der Waals surface area contributed by atoms with Gasteiger partial charge in [0, 0.05) is 30.9 Å². The molecule has 1 aliphatic rings. The summed E-state index contributed by atoms with van der Waals surface area (Å²) in [5.41, 5.74) is 1.64. The molecule has 1 amide bonds. The summed E-state index contributed by atoms with van der Waals surface area (Å²) in [6, 6.07) is 9.29. The molecular formula is C23H30N2O5S2. The van der Waals surface area contributed by atoms with Crippen LogP contribution < -0.4 is 0 Å². The Bertz CT molecular complexity index is 1080. The van der Waals surface area contributed by atoms with Gasteiger partial charge in [-0.25, -0.2) is 13.2 Å². The van der Waals surface area contributed by atoms with Crippen LogP contribution in [-0.2, 0) is 39.1 Å². The maximum Gasteiger partial charge on any atom is 0.340 e.